The fraction of sp³-hybridized carbons (Fsp3) is 0.667. The van der Waals surface area contributed by atoms with E-state index in [1.54, 1.807) is 0 Å². The average molecular weight is 158 g/mol. The van der Waals surface area contributed by atoms with Crippen molar-refractivity contribution in [3.63, 3.8) is 0 Å². The Morgan fingerprint density at radius 2 is 1.08 bits per heavy atom. The van der Waals surface area contributed by atoms with Crippen LogP contribution in [0, 0.1) is 11.8 Å². The van der Waals surface area contributed by atoms with Crippen molar-refractivity contribution in [1.82, 2.24) is 0 Å². The van der Waals surface area contributed by atoms with Gasteiger partial charge < -0.3 is 0 Å². The lowest BCUT2D eigenvalue weighted by Gasteiger charge is -1.83. The van der Waals surface area contributed by atoms with Gasteiger partial charge in [-0.1, -0.05) is 22.3 Å². The highest BCUT2D eigenvalue weighted by Gasteiger charge is 2.50. The van der Waals surface area contributed by atoms with Crippen LogP contribution in [0.15, 0.2) is 22.3 Å². The van der Waals surface area contributed by atoms with Gasteiger partial charge in [-0.15, -0.1) is 0 Å². The number of allylic oxidation sites excluding steroid dienone is 4. The summed E-state index contributed by atoms with van der Waals surface area (Å²) in [6.07, 6.45) is 8.76. The molecule has 0 bridgehead atoms. The van der Waals surface area contributed by atoms with Gasteiger partial charge in [-0.05, 0) is 50.4 Å². The van der Waals surface area contributed by atoms with Crippen LogP contribution in [-0.4, -0.2) is 0 Å². The molecular formula is C12H14. The summed E-state index contributed by atoms with van der Waals surface area (Å²) in [5.74, 6) is 2.12. The molecule has 0 N–H and O–H groups in total. The molecule has 62 valence electrons. The first-order valence-corrected chi connectivity index (χ1v) is 5.35. The van der Waals surface area contributed by atoms with Gasteiger partial charge in [0.2, 0.25) is 0 Å². The van der Waals surface area contributed by atoms with Crippen LogP contribution in [-0.2, 0) is 0 Å². The van der Waals surface area contributed by atoms with Crippen LogP contribution < -0.4 is 0 Å². The Hall–Kier alpha value is -0.520. The van der Waals surface area contributed by atoms with Gasteiger partial charge in [-0.2, -0.15) is 0 Å². The standard InChI is InChI=1S/C12H14/c1-2-7(1)9-5-11(9)12-6-10(12)8-3-4-8/h11-12H,1-6H2/t11-,12+. The maximum Gasteiger partial charge on any atom is -0.00941 e. The zero-order chi connectivity index (χ0) is 7.71. The van der Waals surface area contributed by atoms with Crippen molar-refractivity contribution >= 4 is 0 Å². The SMILES string of the molecule is C1CC1=C1C[C@H]1[C@H]1CC1=C1CC1. The molecule has 4 aliphatic rings. The van der Waals surface area contributed by atoms with Crippen molar-refractivity contribution in [3.05, 3.63) is 22.3 Å². The van der Waals surface area contributed by atoms with E-state index in [2.05, 4.69) is 0 Å². The van der Waals surface area contributed by atoms with Crippen LogP contribution in [0.4, 0.5) is 0 Å². The molecule has 0 aromatic carbocycles. The molecule has 4 rings (SSSR count). The molecule has 4 saturated carbocycles. The smallest absolute Gasteiger partial charge is 0.00941 e. The van der Waals surface area contributed by atoms with Crippen molar-refractivity contribution in [2.24, 2.45) is 11.8 Å². The molecule has 2 atom stereocenters. The lowest BCUT2D eigenvalue weighted by Crippen LogP contribution is -1.76. The summed E-state index contributed by atoms with van der Waals surface area (Å²) >= 11 is 0. The fourth-order valence-electron chi connectivity index (χ4n) is 2.71. The molecule has 0 aliphatic heterocycles. The second-order valence-corrected chi connectivity index (χ2v) is 4.88. The van der Waals surface area contributed by atoms with E-state index >= 15 is 0 Å². The van der Waals surface area contributed by atoms with Crippen molar-refractivity contribution in [2.75, 3.05) is 0 Å². The first-order valence-electron chi connectivity index (χ1n) is 5.35. The summed E-state index contributed by atoms with van der Waals surface area (Å²) in [5.41, 5.74) is 7.45. The Morgan fingerprint density at radius 3 is 1.42 bits per heavy atom. The van der Waals surface area contributed by atoms with Gasteiger partial charge >= 0.3 is 0 Å². The van der Waals surface area contributed by atoms with Crippen LogP contribution >= 0.6 is 0 Å². The van der Waals surface area contributed by atoms with Gasteiger partial charge in [0.1, 0.15) is 0 Å². The molecule has 12 heavy (non-hydrogen) atoms. The Bertz CT molecular complexity index is 284. The van der Waals surface area contributed by atoms with E-state index in [4.69, 9.17) is 0 Å². The van der Waals surface area contributed by atoms with E-state index in [-0.39, 0.29) is 0 Å². The molecule has 0 nitrogen and oxygen atoms in total. The summed E-state index contributed by atoms with van der Waals surface area (Å²) in [7, 11) is 0. The molecule has 0 aromatic rings. The number of hydrogen-bond acceptors (Lipinski definition) is 0. The van der Waals surface area contributed by atoms with E-state index in [1.807, 2.05) is 22.3 Å². The van der Waals surface area contributed by atoms with E-state index in [1.165, 1.54) is 38.5 Å². The van der Waals surface area contributed by atoms with E-state index in [0.717, 1.165) is 11.8 Å². The van der Waals surface area contributed by atoms with Crippen LogP contribution in [0.3, 0.4) is 0 Å². The molecule has 0 spiro atoms. The second kappa shape index (κ2) is 1.71. The highest BCUT2D eigenvalue weighted by atomic mass is 14.5. The topological polar surface area (TPSA) is 0 Å². The summed E-state index contributed by atoms with van der Waals surface area (Å²) in [6.45, 7) is 0. The molecule has 0 unspecified atom stereocenters. The molecular weight excluding hydrogens is 144 g/mol. The Kier molecular flexibility index (Phi) is 0.856. The molecule has 0 amide bonds. The molecule has 0 heteroatoms. The second-order valence-electron chi connectivity index (χ2n) is 4.88. The number of rotatable bonds is 1. The van der Waals surface area contributed by atoms with Gasteiger partial charge in [0.25, 0.3) is 0 Å². The third-order valence-electron chi connectivity index (χ3n) is 3.85. The van der Waals surface area contributed by atoms with Gasteiger partial charge in [0.05, 0.1) is 0 Å². The van der Waals surface area contributed by atoms with Gasteiger partial charge in [0, 0.05) is 0 Å². The molecule has 4 fully saturated rings. The maximum absolute atomic E-state index is 1.89. The summed E-state index contributed by atoms with van der Waals surface area (Å²) in [4.78, 5) is 0. The maximum atomic E-state index is 1.89. The van der Waals surface area contributed by atoms with E-state index < -0.39 is 0 Å². The van der Waals surface area contributed by atoms with Gasteiger partial charge in [-0.3, -0.25) is 0 Å². The number of hydrogen-bond donors (Lipinski definition) is 0. The molecule has 0 radical (unpaired) electrons. The van der Waals surface area contributed by atoms with Crippen molar-refractivity contribution in [1.29, 1.82) is 0 Å². The van der Waals surface area contributed by atoms with Gasteiger partial charge in [0.15, 0.2) is 0 Å². The highest BCUT2D eigenvalue weighted by Crippen LogP contribution is 2.63. The Balaban J connectivity index is 1.56. The normalized spacial score (nSPS) is 42.0. The largest absolute Gasteiger partial charge is 0.0700 e. The fourth-order valence-corrected chi connectivity index (χ4v) is 2.71. The molecule has 0 aromatic heterocycles. The average Bonchev–Trinajstić information content (AvgIpc) is 2.81. The van der Waals surface area contributed by atoms with Crippen LogP contribution in [0.5, 0.6) is 0 Å². The monoisotopic (exact) mass is 158 g/mol. The molecule has 0 heterocycles. The van der Waals surface area contributed by atoms with Crippen LogP contribution in [0.2, 0.25) is 0 Å². The van der Waals surface area contributed by atoms with Crippen LogP contribution in [0.1, 0.15) is 38.5 Å². The minimum atomic E-state index is 1.06. The van der Waals surface area contributed by atoms with Gasteiger partial charge in [-0.25, -0.2) is 0 Å². The first-order chi connectivity index (χ1) is 5.93. The lowest BCUT2D eigenvalue weighted by molar-refractivity contribution is 0.765. The van der Waals surface area contributed by atoms with Crippen molar-refractivity contribution in [3.8, 4) is 0 Å². The quantitative estimate of drug-likeness (QED) is 0.514. The first kappa shape index (κ1) is 6.01. The lowest BCUT2D eigenvalue weighted by atomic mass is 10.2. The summed E-state index contributed by atoms with van der Waals surface area (Å²) in [6, 6.07) is 0. The highest BCUT2D eigenvalue weighted by molar-refractivity contribution is 5.46. The van der Waals surface area contributed by atoms with E-state index in [0.29, 0.717) is 0 Å². The zero-order valence-electron chi connectivity index (χ0n) is 7.40. The minimum Gasteiger partial charge on any atom is -0.0700 e. The predicted octanol–water partition coefficient (Wildman–Crippen LogP) is 3.21. The molecule has 4 aliphatic carbocycles. The van der Waals surface area contributed by atoms with E-state index in [9.17, 15) is 0 Å². The Morgan fingerprint density at radius 1 is 0.667 bits per heavy atom. The third-order valence-corrected chi connectivity index (χ3v) is 3.85. The zero-order valence-corrected chi connectivity index (χ0v) is 7.40. The predicted molar refractivity (Wildman–Crippen MR) is 48.7 cm³/mol. The third kappa shape index (κ3) is 0.784. The minimum absolute atomic E-state index is 1.06. The Labute approximate surface area is 73.4 Å². The van der Waals surface area contributed by atoms with Crippen molar-refractivity contribution in [2.45, 2.75) is 38.5 Å². The summed E-state index contributed by atoms with van der Waals surface area (Å²) < 4.78 is 0. The van der Waals surface area contributed by atoms with Crippen LogP contribution in [0.25, 0.3) is 0 Å². The van der Waals surface area contributed by atoms with Crippen molar-refractivity contribution < 1.29 is 0 Å². The molecule has 0 saturated heterocycles. The summed E-state index contributed by atoms with van der Waals surface area (Å²) in [5, 5.41) is 0.